The van der Waals surface area contributed by atoms with E-state index in [1.54, 1.807) is 0 Å². The Bertz CT molecular complexity index is 592. The summed E-state index contributed by atoms with van der Waals surface area (Å²) in [5.41, 5.74) is 3.97. The third-order valence-corrected chi connectivity index (χ3v) is 4.01. The summed E-state index contributed by atoms with van der Waals surface area (Å²) in [5.74, 6) is 1.71. The minimum absolute atomic E-state index is 0.656. The average Bonchev–Trinajstić information content (AvgIpc) is 2.52. The molecule has 0 fully saturated rings. The molecule has 3 rings (SSSR count). The Hall–Kier alpha value is -1.87. The van der Waals surface area contributed by atoms with Gasteiger partial charge in [0.15, 0.2) is 0 Å². The topological polar surface area (TPSA) is 28.2 Å². The molecule has 0 saturated carbocycles. The smallest absolute Gasteiger partial charge is 0.132 e. The quantitative estimate of drug-likeness (QED) is 0.929. The van der Waals surface area contributed by atoms with Gasteiger partial charge in [0, 0.05) is 25.0 Å². The molecule has 1 N–H and O–H groups in total. The molecule has 2 aromatic rings. The van der Waals surface area contributed by atoms with Crippen LogP contribution >= 0.6 is 0 Å². The molecule has 3 heteroatoms. The Morgan fingerprint density at radius 2 is 2.10 bits per heavy atom. The van der Waals surface area contributed by atoms with Gasteiger partial charge >= 0.3 is 0 Å². The maximum atomic E-state index is 4.67. The highest BCUT2D eigenvalue weighted by Crippen LogP contribution is 2.34. The molecule has 0 spiro atoms. The molecular formula is C18H23N3. The number of rotatable bonds is 4. The SMILES string of the molecule is CCNCc1ccc(N2CC(C)Cc3ccccc32)nc1. The van der Waals surface area contributed by atoms with Gasteiger partial charge in [0.05, 0.1) is 0 Å². The highest BCUT2D eigenvalue weighted by atomic mass is 15.2. The minimum Gasteiger partial charge on any atom is -0.326 e. The second-order valence-electron chi connectivity index (χ2n) is 5.85. The van der Waals surface area contributed by atoms with Crippen molar-refractivity contribution in [3.05, 3.63) is 53.7 Å². The van der Waals surface area contributed by atoms with Gasteiger partial charge in [-0.25, -0.2) is 4.98 Å². The van der Waals surface area contributed by atoms with Crippen LogP contribution < -0.4 is 10.2 Å². The number of nitrogens with one attached hydrogen (secondary N) is 1. The van der Waals surface area contributed by atoms with Crippen LogP contribution in [0.5, 0.6) is 0 Å². The van der Waals surface area contributed by atoms with Crippen LogP contribution in [0.1, 0.15) is 25.0 Å². The van der Waals surface area contributed by atoms with Crippen LogP contribution in [0, 0.1) is 5.92 Å². The van der Waals surface area contributed by atoms with E-state index in [9.17, 15) is 0 Å². The van der Waals surface area contributed by atoms with E-state index in [4.69, 9.17) is 0 Å². The van der Waals surface area contributed by atoms with E-state index in [-0.39, 0.29) is 0 Å². The summed E-state index contributed by atoms with van der Waals surface area (Å²) in [6, 6.07) is 13.0. The van der Waals surface area contributed by atoms with Crippen molar-refractivity contribution in [2.24, 2.45) is 5.92 Å². The highest BCUT2D eigenvalue weighted by Gasteiger charge is 2.22. The summed E-state index contributed by atoms with van der Waals surface area (Å²) < 4.78 is 0. The van der Waals surface area contributed by atoms with Crippen LogP contribution in [0.3, 0.4) is 0 Å². The van der Waals surface area contributed by atoms with Crippen molar-refractivity contribution in [2.75, 3.05) is 18.0 Å². The van der Waals surface area contributed by atoms with Crippen molar-refractivity contribution >= 4 is 11.5 Å². The molecule has 21 heavy (non-hydrogen) atoms. The lowest BCUT2D eigenvalue weighted by Gasteiger charge is -2.34. The Morgan fingerprint density at radius 3 is 2.86 bits per heavy atom. The van der Waals surface area contributed by atoms with Gasteiger partial charge in [-0.3, -0.25) is 0 Å². The number of benzene rings is 1. The van der Waals surface area contributed by atoms with Crippen LogP contribution in [0.25, 0.3) is 0 Å². The maximum absolute atomic E-state index is 4.67. The molecule has 0 radical (unpaired) electrons. The number of para-hydroxylation sites is 1. The number of hydrogen-bond donors (Lipinski definition) is 1. The first kappa shape index (κ1) is 14.1. The summed E-state index contributed by atoms with van der Waals surface area (Å²) in [4.78, 5) is 7.02. The van der Waals surface area contributed by atoms with Gasteiger partial charge in [0.1, 0.15) is 5.82 Å². The molecule has 0 saturated heterocycles. The standard InChI is InChI=1S/C18H23N3/c1-3-19-11-15-8-9-18(20-12-15)21-13-14(2)10-16-6-4-5-7-17(16)21/h4-9,12,14,19H,3,10-11,13H2,1-2H3. The van der Waals surface area contributed by atoms with Crippen molar-refractivity contribution < 1.29 is 0 Å². The molecule has 0 bridgehead atoms. The molecular weight excluding hydrogens is 258 g/mol. The summed E-state index contributed by atoms with van der Waals surface area (Å²) in [6.45, 7) is 7.34. The Balaban J connectivity index is 1.86. The number of fused-ring (bicyclic) bond motifs is 1. The van der Waals surface area contributed by atoms with Gasteiger partial charge in [0.2, 0.25) is 0 Å². The van der Waals surface area contributed by atoms with Crippen molar-refractivity contribution in [1.82, 2.24) is 10.3 Å². The van der Waals surface area contributed by atoms with E-state index >= 15 is 0 Å². The lowest BCUT2D eigenvalue weighted by molar-refractivity contribution is 0.560. The first-order chi connectivity index (χ1) is 10.3. The Labute approximate surface area is 127 Å². The van der Waals surface area contributed by atoms with Gasteiger partial charge in [-0.05, 0) is 42.1 Å². The van der Waals surface area contributed by atoms with Crippen molar-refractivity contribution in [3.8, 4) is 0 Å². The first-order valence-corrected chi connectivity index (χ1v) is 7.79. The molecule has 3 nitrogen and oxygen atoms in total. The number of pyridine rings is 1. The normalized spacial score (nSPS) is 17.6. The van der Waals surface area contributed by atoms with Crippen molar-refractivity contribution in [3.63, 3.8) is 0 Å². The average molecular weight is 281 g/mol. The van der Waals surface area contributed by atoms with Gasteiger partial charge in [-0.1, -0.05) is 38.1 Å². The molecule has 0 amide bonds. The predicted octanol–water partition coefficient (Wildman–Crippen LogP) is 3.52. The third kappa shape index (κ3) is 3.08. The van der Waals surface area contributed by atoms with Gasteiger partial charge in [0.25, 0.3) is 0 Å². The molecule has 1 aromatic heterocycles. The zero-order chi connectivity index (χ0) is 14.7. The van der Waals surface area contributed by atoms with Crippen LogP contribution in [-0.2, 0) is 13.0 Å². The zero-order valence-electron chi connectivity index (χ0n) is 12.8. The minimum atomic E-state index is 0.656. The fraction of sp³-hybridized carbons (Fsp3) is 0.389. The lowest BCUT2D eigenvalue weighted by atomic mass is 9.94. The monoisotopic (exact) mass is 281 g/mol. The largest absolute Gasteiger partial charge is 0.326 e. The summed E-state index contributed by atoms with van der Waals surface area (Å²) >= 11 is 0. The van der Waals surface area contributed by atoms with E-state index in [1.807, 2.05) is 6.20 Å². The third-order valence-electron chi connectivity index (χ3n) is 4.01. The van der Waals surface area contributed by atoms with E-state index < -0.39 is 0 Å². The number of aromatic nitrogens is 1. The molecule has 1 aliphatic heterocycles. The summed E-state index contributed by atoms with van der Waals surface area (Å²) in [5, 5.41) is 3.33. The van der Waals surface area contributed by atoms with E-state index in [0.29, 0.717) is 5.92 Å². The predicted molar refractivity (Wildman–Crippen MR) is 87.9 cm³/mol. The van der Waals surface area contributed by atoms with Crippen molar-refractivity contribution in [2.45, 2.75) is 26.8 Å². The van der Waals surface area contributed by atoms with Crippen LogP contribution in [0.2, 0.25) is 0 Å². The van der Waals surface area contributed by atoms with Gasteiger partial charge in [-0.15, -0.1) is 0 Å². The zero-order valence-corrected chi connectivity index (χ0v) is 12.8. The van der Waals surface area contributed by atoms with E-state index in [1.165, 1.54) is 16.8 Å². The molecule has 1 aliphatic rings. The van der Waals surface area contributed by atoms with Crippen LogP contribution in [0.15, 0.2) is 42.6 Å². The Kier molecular flexibility index (Phi) is 4.20. The van der Waals surface area contributed by atoms with Gasteiger partial charge < -0.3 is 10.2 Å². The molecule has 1 unspecified atom stereocenters. The number of nitrogens with zero attached hydrogens (tertiary/aromatic N) is 2. The Morgan fingerprint density at radius 1 is 1.24 bits per heavy atom. The van der Waals surface area contributed by atoms with Gasteiger partial charge in [-0.2, -0.15) is 0 Å². The molecule has 1 atom stereocenters. The van der Waals surface area contributed by atoms with Crippen molar-refractivity contribution in [1.29, 1.82) is 0 Å². The fourth-order valence-electron chi connectivity index (χ4n) is 2.96. The summed E-state index contributed by atoms with van der Waals surface area (Å²) in [7, 11) is 0. The summed E-state index contributed by atoms with van der Waals surface area (Å²) in [6.07, 6.45) is 3.14. The molecule has 110 valence electrons. The number of anilines is 2. The highest BCUT2D eigenvalue weighted by molar-refractivity contribution is 5.65. The van der Waals surface area contributed by atoms with Crippen LogP contribution in [-0.4, -0.2) is 18.1 Å². The lowest BCUT2D eigenvalue weighted by Crippen LogP contribution is -2.31. The fourth-order valence-corrected chi connectivity index (χ4v) is 2.96. The second kappa shape index (κ2) is 6.27. The van der Waals surface area contributed by atoms with E-state index in [0.717, 1.165) is 31.9 Å². The number of hydrogen-bond acceptors (Lipinski definition) is 3. The van der Waals surface area contributed by atoms with E-state index in [2.05, 4.69) is 65.4 Å². The molecule has 1 aromatic carbocycles. The van der Waals surface area contributed by atoms with Crippen LogP contribution in [0.4, 0.5) is 11.5 Å². The first-order valence-electron chi connectivity index (χ1n) is 7.79. The second-order valence-corrected chi connectivity index (χ2v) is 5.85. The molecule has 0 aliphatic carbocycles. The maximum Gasteiger partial charge on any atom is 0.132 e. The molecule has 2 heterocycles.